The first-order chi connectivity index (χ1) is 9.70. The molecule has 20 heavy (non-hydrogen) atoms. The van der Waals surface area contributed by atoms with E-state index in [1.165, 1.54) is 25.7 Å². The van der Waals surface area contributed by atoms with Crippen molar-refractivity contribution in [2.45, 2.75) is 38.3 Å². The van der Waals surface area contributed by atoms with Crippen molar-refractivity contribution in [3.05, 3.63) is 29.2 Å². The fourth-order valence-corrected chi connectivity index (χ4v) is 2.74. The molecule has 2 aromatic rings. The van der Waals surface area contributed by atoms with Gasteiger partial charge in [0.25, 0.3) is 0 Å². The van der Waals surface area contributed by atoms with E-state index in [0.29, 0.717) is 23.6 Å². The molecular formula is C13H17ClN6. The fraction of sp³-hybridized carbons (Fsp3) is 0.462. The lowest BCUT2D eigenvalue weighted by Gasteiger charge is -2.09. The topological polar surface area (TPSA) is 81.6 Å². The van der Waals surface area contributed by atoms with Crippen molar-refractivity contribution in [3.8, 4) is 0 Å². The Morgan fingerprint density at radius 3 is 2.90 bits per heavy atom. The Morgan fingerprint density at radius 2 is 2.15 bits per heavy atom. The van der Waals surface area contributed by atoms with Crippen molar-refractivity contribution >= 4 is 23.4 Å². The second-order valence-electron chi connectivity index (χ2n) is 5.01. The van der Waals surface area contributed by atoms with Crippen LogP contribution in [0.3, 0.4) is 0 Å². The molecule has 3 rings (SSSR count). The standard InChI is InChI=1S/C13H17ClN6/c14-11-7-12(18-13(15)17-11)16-8-9-5-6-20(19-9)10-3-1-2-4-10/h5-7,10H,1-4,8H2,(H3,15,16,17,18). The molecule has 0 saturated heterocycles. The van der Waals surface area contributed by atoms with Crippen LogP contribution in [-0.2, 0) is 6.54 Å². The number of nitrogens with zero attached hydrogens (tertiary/aromatic N) is 4. The van der Waals surface area contributed by atoms with Gasteiger partial charge >= 0.3 is 0 Å². The monoisotopic (exact) mass is 292 g/mol. The molecule has 0 radical (unpaired) electrons. The van der Waals surface area contributed by atoms with Crippen LogP contribution in [0.15, 0.2) is 18.3 Å². The zero-order chi connectivity index (χ0) is 13.9. The molecule has 3 N–H and O–H groups in total. The third-order valence-electron chi connectivity index (χ3n) is 3.53. The largest absolute Gasteiger partial charge is 0.368 e. The molecule has 0 unspecified atom stereocenters. The predicted octanol–water partition coefficient (Wildman–Crippen LogP) is 2.64. The number of hydrogen-bond donors (Lipinski definition) is 2. The van der Waals surface area contributed by atoms with Gasteiger partial charge < -0.3 is 11.1 Å². The van der Waals surface area contributed by atoms with Crippen molar-refractivity contribution in [2.75, 3.05) is 11.1 Å². The van der Waals surface area contributed by atoms with Crippen molar-refractivity contribution in [2.24, 2.45) is 0 Å². The highest BCUT2D eigenvalue weighted by Gasteiger charge is 2.17. The molecule has 1 saturated carbocycles. The average molecular weight is 293 g/mol. The van der Waals surface area contributed by atoms with Gasteiger partial charge in [0, 0.05) is 12.3 Å². The van der Waals surface area contributed by atoms with Crippen LogP contribution in [0.2, 0.25) is 5.15 Å². The second kappa shape index (κ2) is 5.66. The van der Waals surface area contributed by atoms with Crippen molar-refractivity contribution in [1.82, 2.24) is 19.7 Å². The summed E-state index contributed by atoms with van der Waals surface area (Å²) in [5.74, 6) is 0.773. The molecule has 1 fully saturated rings. The lowest BCUT2D eigenvalue weighted by atomic mass is 10.3. The number of anilines is 2. The summed E-state index contributed by atoms with van der Waals surface area (Å²) in [6.45, 7) is 0.590. The van der Waals surface area contributed by atoms with Crippen LogP contribution >= 0.6 is 11.6 Å². The van der Waals surface area contributed by atoms with Gasteiger partial charge in [0.2, 0.25) is 5.95 Å². The maximum atomic E-state index is 5.83. The highest BCUT2D eigenvalue weighted by molar-refractivity contribution is 6.29. The zero-order valence-electron chi connectivity index (χ0n) is 11.1. The molecule has 106 valence electrons. The van der Waals surface area contributed by atoms with E-state index in [0.717, 1.165) is 5.69 Å². The maximum Gasteiger partial charge on any atom is 0.223 e. The SMILES string of the molecule is Nc1nc(Cl)cc(NCc2ccn(C3CCCC3)n2)n1. The molecule has 1 aliphatic rings. The summed E-state index contributed by atoms with van der Waals surface area (Å²) in [5, 5.41) is 8.08. The molecule has 0 spiro atoms. The molecule has 0 aromatic carbocycles. The summed E-state index contributed by atoms with van der Waals surface area (Å²) >= 11 is 5.83. The molecule has 7 heteroatoms. The molecule has 6 nitrogen and oxygen atoms in total. The predicted molar refractivity (Wildman–Crippen MR) is 78.5 cm³/mol. The van der Waals surface area contributed by atoms with E-state index < -0.39 is 0 Å². The van der Waals surface area contributed by atoms with E-state index in [1.807, 2.05) is 12.3 Å². The third-order valence-corrected chi connectivity index (χ3v) is 3.72. The summed E-state index contributed by atoms with van der Waals surface area (Å²) in [6, 6.07) is 4.23. The fourth-order valence-electron chi connectivity index (χ4n) is 2.55. The van der Waals surface area contributed by atoms with Gasteiger partial charge in [-0.3, -0.25) is 4.68 Å². The van der Waals surface area contributed by atoms with Gasteiger partial charge in [0.1, 0.15) is 11.0 Å². The lowest BCUT2D eigenvalue weighted by molar-refractivity contribution is 0.463. The quantitative estimate of drug-likeness (QED) is 0.847. The van der Waals surface area contributed by atoms with Crippen molar-refractivity contribution < 1.29 is 0 Å². The van der Waals surface area contributed by atoms with Crippen LogP contribution in [0.4, 0.5) is 11.8 Å². The van der Waals surface area contributed by atoms with Gasteiger partial charge in [0.05, 0.1) is 18.3 Å². The Kier molecular flexibility index (Phi) is 3.73. The summed E-state index contributed by atoms with van der Waals surface area (Å²) in [5.41, 5.74) is 6.53. The number of hydrogen-bond acceptors (Lipinski definition) is 5. The Labute approximate surface area is 122 Å². The zero-order valence-corrected chi connectivity index (χ0v) is 11.8. The number of halogens is 1. The minimum absolute atomic E-state index is 0.163. The Morgan fingerprint density at radius 1 is 1.35 bits per heavy atom. The first kappa shape index (κ1) is 13.2. The van der Waals surface area contributed by atoms with E-state index in [9.17, 15) is 0 Å². The van der Waals surface area contributed by atoms with Crippen molar-refractivity contribution in [3.63, 3.8) is 0 Å². The molecule has 2 heterocycles. The van der Waals surface area contributed by atoms with Crippen LogP contribution in [0.25, 0.3) is 0 Å². The summed E-state index contributed by atoms with van der Waals surface area (Å²) < 4.78 is 2.07. The Hall–Kier alpha value is -1.82. The van der Waals surface area contributed by atoms with E-state index >= 15 is 0 Å². The Bertz CT molecular complexity index is 570. The molecule has 2 aromatic heterocycles. The van der Waals surface area contributed by atoms with Gasteiger partial charge in [-0.15, -0.1) is 0 Å². The molecule has 0 aliphatic heterocycles. The van der Waals surface area contributed by atoms with Crippen LogP contribution in [0, 0.1) is 0 Å². The summed E-state index contributed by atoms with van der Waals surface area (Å²) in [6.07, 6.45) is 7.11. The molecular weight excluding hydrogens is 276 g/mol. The molecule has 0 amide bonds. The first-order valence-electron chi connectivity index (χ1n) is 6.79. The number of rotatable bonds is 4. The van der Waals surface area contributed by atoms with E-state index in [2.05, 4.69) is 25.1 Å². The average Bonchev–Trinajstić information content (AvgIpc) is 3.06. The van der Waals surface area contributed by atoms with Crippen LogP contribution < -0.4 is 11.1 Å². The van der Waals surface area contributed by atoms with Gasteiger partial charge in [-0.05, 0) is 18.9 Å². The molecule has 0 bridgehead atoms. The maximum absolute atomic E-state index is 5.83. The molecule has 0 atom stereocenters. The summed E-state index contributed by atoms with van der Waals surface area (Å²) in [7, 11) is 0. The van der Waals surface area contributed by atoms with E-state index in [-0.39, 0.29) is 5.95 Å². The van der Waals surface area contributed by atoms with Gasteiger partial charge in [0.15, 0.2) is 0 Å². The number of aromatic nitrogens is 4. The molecule has 1 aliphatic carbocycles. The summed E-state index contributed by atoms with van der Waals surface area (Å²) in [4.78, 5) is 7.89. The van der Waals surface area contributed by atoms with Crippen LogP contribution in [0.5, 0.6) is 0 Å². The number of nitrogen functional groups attached to an aromatic ring is 1. The number of nitrogens with one attached hydrogen (secondary N) is 1. The van der Waals surface area contributed by atoms with Crippen LogP contribution in [0.1, 0.15) is 37.4 Å². The second-order valence-corrected chi connectivity index (χ2v) is 5.40. The van der Waals surface area contributed by atoms with Gasteiger partial charge in [-0.2, -0.15) is 10.1 Å². The number of nitrogens with two attached hydrogens (primary N) is 1. The van der Waals surface area contributed by atoms with Gasteiger partial charge in [-0.25, -0.2) is 4.98 Å². The highest BCUT2D eigenvalue weighted by Crippen LogP contribution is 2.28. The Balaban J connectivity index is 1.63. The minimum Gasteiger partial charge on any atom is -0.368 e. The van der Waals surface area contributed by atoms with Crippen molar-refractivity contribution in [1.29, 1.82) is 0 Å². The third kappa shape index (κ3) is 3.01. The highest BCUT2D eigenvalue weighted by atomic mass is 35.5. The normalized spacial score (nSPS) is 15.7. The lowest BCUT2D eigenvalue weighted by Crippen LogP contribution is -2.08. The van der Waals surface area contributed by atoms with Gasteiger partial charge in [-0.1, -0.05) is 24.4 Å². The minimum atomic E-state index is 0.163. The van der Waals surface area contributed by atoms with Crippen LogP contribution in [-0.4, -0.2) is 19.7 Å². The smallest absolute Gasteiger partial charge is 0.223 e. The van der Waals surface area contributed by atoms with E-state index in [4.69, 9.17) is 17.3 Å². The first-order valence-corrected chi connectivity index (χ1v) is 7.16. The van der Waals surface area contributed by atoms with E-state index in [1.54, 1.807) is 6.07 Å².